The van der Waals surface area contributed by atoms with Crippen LogP contribution >= 0.6 is 0 Å². The highest BCUT2D eigenvalue weighted by atomic mass is 16.7. The maximum absolute atomic E-state index is 10.9. The second kappa shape index (κ2) is 5.50. The molecule has 0 aliphatic carbocycles. The Morgan fingerprint density at radius 3 is 3.07 bits per heavy atom. The van der Waals surface area contributed by atoms with Crippen molar-refractivity contribution in [2.45, 2.75) is 32.6 Å². The Labute approximate surface area is 88.4 Å². The average molecular weight is 213 g/mol. The van der Waals surface area contributed by atoms with Gasteiger partial charge in [0.15, 0.2) is 6.29 Å². The van der Waals surface area contributed by atoms with Gasteiger partial charge in [-0.2, -0.15) is 0 Å². The van der Waals surface area contributed by atoms with Gasteiger partial charge >= 0.3 is 0 Å². The van der Waals surface area contributed by atoms with Crippen LogP contribution in [0.2, 0.25) is 0 Å². The van der Waals surface area contributed by atoms with Crippen molar-refractivity contribution in [2.75, 3.05) is 6.61 Å². The standard InChI is InChI=1S/C10H15NO4/c1-3-14-10-4-9(11-7(2)13)8(5-12)6-15-10/h5-6,9-10H,3-4H2,1-2H3,(H,11,13)/t9-,10-/m1/s1. The van der Waals surface area contributed by atoms with E-state index in [1.54, 1.807) is 0 Å². The van der Waals surface area contributed by atoms with Gasteiger partial charge in [0, 0.05) is 25.5 Å². The molecule has 1 heterocycles. The average Bonchev–Trinajstić information content (AvgIpc) is 2.18. The third kappa shape index (κ3) is 3.36. The minimum Gasteiger partial charge on any atom is -0.472 e. The summed E-state index contributed by atoms with van der Waals surface area (Å²) in [5, 5.41) is 2.67. The van der Waals surface area contributed by atoms with Gasteiger partial charge in [0.25, 0.3) is 0 Å². The molecule has 1 aliphatic heterocycles. The predicted molar refractivity (Wildman–Crippen MR) is 52.9 cm³/mol. The molecule has 0 aromatic carbocycles. The summed E-state index contributed by atoms with van der Waals surface area (Å²) >= 11 is 0. The first-order valence-electron chi connectivity index (χ1n) is 4.86. The van der Waals surface area contributed by atoms with Crippen LogP contribution in [0.15, 0.2) is 11.8 Å². The lowest BCUT2D eigenvalue weighted by Crippen LogP contribution is -2.41. The van der Waals surface area contributed by atoms with Crippen molar-refractivity contribution in [1.82, 2.24) is 5.32 Å². The SMILES string of the molecule is CCO[C@H]1C[C@@H](NC(C)=O)C(C=O)=CO1. The molecule has 1 N–H and O–H groups in total. The number of amides is 1. The number of carbonyl (C=O) groups is 2. The lowest BCUT2D eigenvalue weighted by atomic mass is 10.0. The summed E-state index contributed by atoms with van der Waals surface area (Å²) in [4.78, 5) is 21.6. The van der Waals surface area contributed by atoms with Gasteiger partial charge in [0.1, 0.15) is 0 Å². The number of aldehydes is 1. The van der Waals surface area contributed by atoms with Crippen molar-refractivity contribution in [3.8, 4) is 0 Å². The molecule has 0 saturated heterocycles. The number of carbonyl (C=O) groups excluding carboxylic acids is 2. The minimum atomic E-state index is -0.393. The summed E-state index contributed by atoms with van der Waals surface area (Å²) in [5.74, 6) is -0.176. The van der Waals surface area contributed by atoms with Gasteiger partial charge in [0.2, 0.25) is 12.2 Å². The topological polar surface area (TPSA) is 64.6 Å². The fraction of sp³-hybridized carbons (Fsp3) is 0.600. The van der Waals surface area contributed by atoms with E-state index in [1.165, 1.54) is 13.2 Å². The number of hydrogen-bond donors (Lipinski definition) is 1. The van der Waals surface area contributed by atoms with Crippen molar-refractivity contribution in [1.29, 1.82) is 0 Å². The molecule has 5 heteroatoms. The first kappa shape index (κ1) is 11.7. The first-order valence-corrected chi connectivity index (χ1v) is 4.86. The molecule has 0 bridgehead atoms. The minimum absolute atomic E-state index is 0.176. The van der Waals surface area contributed by atoms with E-state index < -0.39 is 6.29 Å². The lowest BCUT2D eigenvalue weighted by Gasteiger charge is -2.28. The zero-order valence-electron chi connectivity index (χ0n) is 8.86. The van der Waals surface area contributed by atoms with Gasteiger partial charge in [-0.25, -0.2) is 0 Å². The molecule has 0 spiro atoms. The molecule has 1 aliphatic rings. The van der Waals surface area contributed by atoms with E-state index in [0.29, 0.717) is 24.9 Å². The molecule has 0 saturated carbocycles. The summed E-state index contributed by atoms with van der Waals surface area (Å²) in [6.07, 6.45) is 2.09. The number of hydrogen-bond acceptors (Lipinski definition) is 4. The quantitative estimate of drug-likeness (QED) is 0.685. The van der Waals surface area contributed by atoms with Crippen LogP contribution in [0.25, 0.3) is 0 Å². The summed E-state index contributed by atoms with van der Waals surface area (Å²) < 4.78 is 10.4. The van der Waals surface area contributed by atoms with Crippen LogP contribution in [0.1, 0.15) is 20.3 Å². The highest BCUT2D eigenvalue weighted by Crippen LogP contribution is 2.17. The van der Waals surface area contributed by atoms with E-state index in [4.69, 9.17) is 9.47 Å². The fourth-order valence-electron chi connectivity index (χ4n) is 1.41. The van der Waals surface area contributed by atoms with Crippen LogP contribution in [0.3, 0.4) is 0 Å². The Bertz CT molecular complexity index is 275. The maximum Gasteiger partial charge on any atom is 0.217 e. The van der Waals surface area contributed by atoms with Crippen molar-refractivity contribution in [2.24, 2.45) is 0 Å². The van der Waals surface area contributed by atoms with E-state index in [2.05, 4.69) is 5.32 Å². The molecule has 0 radical (unpaired) electrons. The van der Waals surface area contributed by atoms with Gasteiger partial charge in [-0.1, -0.05) is 0 Å². The fourth-order valence-corrected chi connectivity index (χ4v) is 1.41. The molecule has 0 aromatic rings. The monoisotopic (exact) mass is 213 g/mol. The summed E-state index contributed by atoms with van der Waals surface area (Å²) in [6.45, 7) is 3.80. The molecular weight excluding hydrogens is 198 g/mol. The van der Waals surface area contributed by atoms with Crippen LogP contribution in [0, 0.1) is 0 Å². The van der Waals surface area contributed by atoms with Gasteiger partial charge in [0.05, 0.1) is 12.3 Å². The molecule has 1 amide bonds. The van der Waals surface area contributed by atoms with Crippen molar-refractivity contribution in [3.63, 3.8) is 0 Å². The molecule has 0 aromatic heterocycles. The van der Waals surface area contributed by atoms with Crippen molar-refractivity contribution < 1.29 is 19.1 Å². The van der Waals surface area contributed by atoms with Crippen LogP contribution in [0.5, 0.6) is 0 Å². The van der Waals surface area contributed by atoms with E-state index >= 15 is 0 Å². The zero-order valence-corrected chi connectivity index (χ0v) is 8.86. The van der Waals surface area contributed by atoms with Crippen LogP contribution in [-0.4, -0.2) is 31.1 Å². The first-order chi connectivity index (χ1) is 7.17. The van der Waals surface area contributed by atoms with E-state index in [1.807, 2.05) is 6.92 Å². The molecule has 1 rings (SSSR count). The Morgan fingerprint density at radius 1 is 1.80 bits per heavy atom. The molecular formula is C10H15NO4. The second-order valence-corrected chi connectivity index (χ2v) is 3.25. The van der Waals surface area contributed by atoms with Gasteiger partial charge < -0.3 is 14.8 Å². The third-order valence-corrected chi connectivity index (χ3v) is 2.05. The number of rotatable bonds is 4. The van der Waals surface area contributed by atoms with Crippen LogP contribution in [-0.2, 0) is 19.1 Å². The summed E-state index contributed by atoms with van der Waals surface area (Å²) in [7, 11) is 0. The van der Waals surface area contributed by atoms with Gasteiger partial charge in [-0.15, -0.1) is 0 Å². The lowest BCUT2D eigenvalue weighted by molar-refractivity contribution is -0.127. The molecule has 15 heavy (non-hydrogen) atoms. The van der Waals surface area contributed by atoms with E-state index in [-0.39, 0.29) is 11.9 Å². The molecule has 0 unspecified atom stereocenters. The number of nitrogens with one attached hydrogen (secondary N) is 1. The van der Waals surface area contributed by atoms with E-state index in [0.717, 1.165) is 0 Å². The van der Waals surface area contributed by atoms with Crippen molar-refractivity contribution >= 4 is 12.2 Å². The predicted octanol–water partition coefficient (Wildman–Crippen LogP) is 0.357. The smallest absolute Gasteiger partial charge is 0.217 e. The maximum atomic E-state index is 10.9. The third-order valence-electron chi connectivity index (χ3n) is 2.05. The normalized spacial score (nSPS) is 25.1. The highest BCUT2D eigenvalue weighted by molar-refractivity contribution is 5.79. The Kier molecular flexibility index (Phi) is 4.30. The Hall–Kier alpha value is -1.36. The summed E-state index contributed by atoms with van der Waals surface area (Å²) in [5.41, 5.74) is 0.432. The molecule has 0 fully saturated rings. The van der Waals surface area contributed by atoms with Crippen molar-refractivity contribution in [3.05, 3.63) is 11.8 Å². The molecule has 84 valence electrons. The number of ether oxygens (including phenoxy) is 2. The Balaban J connectivity index is 2.64. The molecule has 5 nitrogen and oxygen atoms in total. The van der Waals surface area contributed by atoms with E-state index in [9.17, 15) is 9.59 Å². The largest absolute Gasteiger partial charge is 0.472 e. The van der Waals surface area contributed by atoms with Crippen LogP contribution < -0.4 is 5.32 Å². The highest BCUT2D eigenvalue weighted by Gasteiger charge is 2.26. The second-order valence-electron chi connectivity index (χ2n) is 3.25. The Morgan fingerprint density at radius 2 is 2.53 bits per heavy atom. The molecule has 2 atom stereocenters. The summed E-state index contributed by atoms with van der Waals surface area (Å²) in [6, 6.07) is -0.315. The van der Waals surface area contributed by atoms with Crippen LogP contribution in [0.4, 0.5) is 0 Å². The van der Waals surface area contributed by atoms with Gasteiger partial charge in [-0.3, -0.25) is 9.59 Å². The van der Waals surface area contributed by atoms with Gasteiger partial charge in [-0.05, 0) is 6.92 Å². The zero-order chi connectivity index (χ0) is 11.3.